The molecule has 3 heterocycles. The number of furan rings is 2. The predicted molar refractivity (Wildman–Crippen MR) is 221 cm³/mol. The molecule has 0 spiro atoms. The van der Waals surface area contributed by atoms with Crippen LogP contribution in [-0.4, -0.2) is 9.97 Å². The lowest BCUT2D eigenvalue weighted by Gasteiger charge is -2.15. The highest BCUT2D eigenvalue weighted by Gasteiger charge is 2.18. The molecule has 0 bridgehead atoms. The Kier molecular flexibility index (Phi) is 6.82. The minimum absolute atomic E-state index is 0.676. The molecule has 3 aromatic heterocycles. The lowest BCUT2D eigenvalue weighted by atomic mass is 9.91. The van der Waals surface area contributed by atoms with E-state index in [1.54, 1.807) is 0 Å². The van der Waals surface area contributed by atoms with Crippen LogP contribution in [0.1, 0.15) is 0 Å². The molecule has 0 atom stereocenters. The third-order valence-electron chi connectivity index (χ3n) is 10.5. The normalized spacial score (nSPS) is 11.7. The fourth-order valence-corrected chi connectivity index (χ4v) is 7.78. The summed E-state index contributed by atoms with van der Waals surface area (Å²) in [5.41, 5.74) is 12.6. The van der Waals surface area contributed by atoms with Gasteiger partial charge in [0.15, 0.2) is 5.82 Å². The summed E-state index contributed by atoms with van der Waals surface area (Å²) in [6, 6.07) is 63.4. The van der Waals surface area contributed by atoms with Crippen molar-refractivity contribution in [3.05, 3.63) is 182 Å². The van der Waals surface area contributed by atoms with Crippen molar-refractivity contribution in [3.63, 3.8) is 0 Å². The smallest absolute Gasteiger partial charge is 0.160 e. The standard InChI is InChI=1S/C50H30N2O2/c1-2-11-32(12-3-1)50-51-44(37-19-18-31-10-4-5-13-33(31)26-37)30-45(52-50)41-27-34(35-21-24-48-42(28-35)39-14-6-8-16-46(39)53-48)20-23-38(41)36-22-25-49-43(29-36)40-15-7-9-17-47(40)54-49/h1-30H. The van der Waals surface area contributed by atoms with Crippen LogP contribution in [0.15, 0.2) is 191 Å². The van der Waals surface area contributed by atoms with E-state index >= 15 is 0 Å². The molecule has 0 saturated heterocycles. The summed E-state index contributed by atoms with van der Waals surface area (Å²) in [5.74, 6) is 0.676. The molecule has 11 rings (SSSR count). The Morgan fingerprint density at radius 3 is 1.61 bits per heavy atom. The fraction of sp³-hybridized carbons (Fsp3) is 0. The van der Waals surface area contributed by atoms with Gasteiger partial charge in [-0.05, 0) is 87.6 Å². The zero-order chi connectivity index (χ0) is 35.6. The molecule has 0 N–H and O–H groups in total. The third kappa shape index (κ3) is 5.07. The molecule has 0 aliphatic heterocycles. The van der Waals surface area contributed by atoms with E-state index in [1.165, 1.54) is 10.8 Å². The second kappa shape index (κ2) is 12.1. The second-order valence-corrected chi connectivity index (χ2v) is 13.8. The van der Waals surface area contributed by atoms with Gasteiger partial charge in [-0.2, -0.15) is 0 Å². The Balaban J connectivity index is 1.16. The van der Waals surface area contributed by atoms with Crippen LogP contribution in [0.5, 0.6) is 0 Å². The summed E-state index contributed by atoms with van der Waals surface area (Å²) in [4.78, 5) is 10.5. The SMILES string of the molecule is c1ccc(-c2nc(-c3ccc4ccccc4c3)cc(-c3cc(-c4ccc5oc6ccccc6c5c4)ccc3-c3ccc4oc5ccccc5c4c3)n2)cc1. The van der Waals surface area contributed by atoms with Crippen LogP contribution in [0.25, 0.3) is 111 Å². The van der Waals surface area contributed by atoms with Crippen molar-refractivity contribution in [2.45, 2.75) is 0 Å². The highest BCUT2D eigenvalue weighted by Crippen LogP contribution is 2.41. The Labute approximate surface area is 310 Å². The predicted octanol–water partition coefficient (Wildman–Crippen LogP) is 13.8. The number of hydrogen-bond acceptors (Lipinski definition) is 4. The largest absolute Gasteiger partial charge is 0.456 e. The van der Waals surface area contributed by atoms with Crippen molar-refractivity contribution in [2.24, 2.45) is 0 Å². The zero-order valence-electron chi connectivity index (χ0n) is 29.0. The topological polar surface area (TPSA) is 52.1 Å². The van der Waals surface area contributed by atoms with Crippen molar-refractivity contribution in [2.75, 3.05) is 0 Å². The highest BCUT2D eigenvalue weighted by atomic mass is 16.3. The zero-order valence-corrected chi connectivity index (χ0v) is 29.0. The van der Waals surface area contributed by atoms with Crippen molar-refractivity contribution >= 4 is 54.6 Å². The molecule has 4 nitrogen and oxygen atoms in total. The second-order valence-electron chi connectivity index (χ2n) is 13.8. The average Bonchev–Trinajstić information content (AvgIpc) is 3.81. The Hall–Kier alpha value is -7.30. The lowest BCUT2D eigenvalue weighted by Crippen LogP contribution is -1.97. The maximum Gasteiger partial charge on any atom is 0.160 e. The molecule has 4 heteroatoms. The molecule has 0 amide bonds. The van der Waals surface area contributed by atoms with Gasteiger partial charge in [0, 0.05) is 38.2 Å². The van der Waals surface area contributed by atoms with Crippen LogP contribution in [0.4, 0.5) is 0 Å². The molecule has 0 saturated carbocycles. The van der Waals surface area contributed by atoms with Crippen LogP contribution >= 0.6 is 0 Å². The summed E-state index contributed by atoms with van der Waals surface area (Å²) >= 11 is 0. The van der Waals surface area contributed by atoms with Crippen molar-refractivity contribution in [3.8, 4) is 56.2 Å². The minimum Gasteiger partial charge on any atom is -0.456 e. The number of hydrogen-bond donors (Lipinski definition) is 0. The number of fused-ring (bicyclic) bond motifs is 7. The molecular formula is C50H30N2O2. The minimum atomic E-state index is 0.676. The van der Waals surface area contributed by atoms with Crippen LogP contribution < -0.4 is 0 Å². The van der Waals surface area contributed by atoms with Gasteiger partial charge in [0.05, 0.1) is 11.4 Å². The van der Waals surface area contributed by atoms with E-state index in [4.69, 9.17) is 18.8 Å². The van der Waals surface area contributed by atoms with Gasteiger partial charge in [0.25, 0.3) is 0 Å². The summed E-state index contributed by atoms with van der Waals surface area (Å²) in [7, 11) is 0. The van der Waals surface area contributed by atoms with Gasteiger partial charge >= 0.3 is 0 Å². The van der Waals surface area contributed by atoms with Crippen LogP contribution in [0.3, 0.4) is 0 Å². The first-order valence-electron chi connectivity index (χ1n) is 18.1. The number of nitrogens with zero attached hydrogens (tertiary/aromatic N) is 2. The van der Waals surface area contributed by atoms with E-state index in [2.05, 4.69) is 140 Å². The number of rotatable bonds is 5. The van der Waals surface area contributed by atoms with Gasteiger partial charge < -0.3 is 8.83 Å². The molecule has 0 unspecified atom stereocenters. The van der Waals surface area contributed by atoms with Gasteiger partial charge in [0.2, 0.25) is 0 Å². The van der Waals surface area contributed by atoms with E-state index in [0.717, 1.165) is 94.2 Å². The first kappa shape index (κ1) is 30.3. The molecule has 0 aliphatic rings. The van der Waals surface area contributed by atoms with Gasteiger partial charge in [-0.1, -0.05) is 127 Å². The van der Waals surface area contributed by atoms with Crippen LogP contribution in [0, 0.1) is 0 Å². The third-order valence-corrected chi connectivity index (χ3v) is 10.5. The monoisotopic (exact) mass is 690 g/mol. The van der Waals surface area contributed by atoms with Crippen molar-refractivity contribution in [1.82, 2.24) is 9.97 Å². The average molecular weight is 691 g/mol. The molecular weight excluding hydrogens is 661 g/mol. The molecule has 0 aliphatic carbocycles. The van der Waals surface area contributed by atoms with E-state index in [9.17, 15) is 0 Å². The Morgan fingerprint density at radius 1 is 0.296 bits per heavy atom. The van der Waals surface area contributed by atoms with Gasteiger partial charge in [-0.15, -0.1) is 0 Å². The highest BCUT2D eigenvalue weighted by molar-refractivity contribution is 6.08. The summed E-state index contributed by atoms with van der Waals surface area (Å²) in [6.45, 7) is 0. The van der Waals surface area contributed by atoms with E-state index in [-0.39, 0.29) is 0 Å². The fourth-order valence-electron chi connectivity index (χ4n) is 7.78. The van der Waals surface area contributed by atoms with Crippen molar-refractivity contribution in [1.29, 1.82) is 0 Å². The lowest BCUT2D eigenvalue weighted by molar-refractivity contribution is 0.668. The molecule has 0 fully saturated rings. The Morgan fingerprint density at radius 2 is 0.852 bits per heavy atom. The molecule has 8 aromatic carbocycles. The first-order valence-corrected chi connectivity index (χ1v) is 18.1. The van der Waals surface area contributed by atoms with Crippen LogP contribution in [0.2, 0.25) is 0 Å². The summed E-state index contributed by atoms with van der Waals surface area (Å²) in [5, 5.41) is 6.74. The number of aromatic nitrogens is 2. The van der Waals surface area contributed by atoms with Gasteiger partial charge in [-0.25, -0.2) is 9.97 Å². The quantitative estimate of drug-likeness (QED) is 0.180. The first-order chi connectivity index (χ1) is 26.7. The molecule has 54 heavy (non-hydrogen) atoms. The van der Waals surface area contributed by atoms with Crippen LogP contribution in [-0.2, 0) is 0 Å². The van der Waals surface area contributed by atoms with Gasteiger partial charge in [-0.3, -0.25) is 0 Å². The van der Waals surface area contributed by atoms with E-state index < -0.39 is 0 Å². The summed E-state index contributed by atoms with van der Waals surface area (Å²) in [6.07, 6.45) is 0. The van der Waals surface area contributed by atoms with E-state index in [0.29, 0.717) is 5.82 Å². The maximum absolute atomic E-state index is 6.23. The number of para-hydroxylation sites is 2. The Bertz CT molecular complexity index is 3230. The van der Waals surface area contributed by atoms with Crippen molar-refractivity contribution < 1.29 is 8.83 Å². The molecule has 11 aromatic rings. The van der Waals surface area contributed by atoms with Gasteiger partial charge in [0.1, 0.15) is 22.3 Å². The van der Waals surface area contributed by atoms with E-state index in [1.807, 2.05) is 42.5 Å². The molecule has 0 radical (unpaired) electrons. The molecule has 252 valence electrons. The summed E-state index contributed by atoms with van der Waals surface area (Å²) < 4.78 is 12.4. The maximum atomic E-state index is 6.23. The number of benzene rings is 8.